The predicted octanol–water partition coefficient (Wildman–Crippen LogP) is 3.71. The third-order valence-corrected chi connectivity index (χ3v) is 5.70. The number of carbonyl (C=O) groups is 1. The summed E-state index contributed by atoms with van der Waals surface area (Å²) in [7, 11) is 0. The van der Waals surface area contributed by atoms with Crippen LogP contribution in [0.2, 0.25) is 0 Å². The van der Waals surface area contributed by atoms with Gasteiger partial charge in [-0.1, -0.05) is 6.92 Å². The summed E-state index contributed by atoms with van der Waals surface area (Å²) < 4.78 is 66.9. The van der Waals surface area contributed by atoms with Gasteiger partial charge >= 0.3 is 6.18 Å². The molecule has 1 saturated heterocycles. The van der Waals surface area contributed by atoms with Crippen molar-refractivity contribution in [2.24, 2.45) is 5.92 Å². The van der Waals surface area contributed by atoms with Crippen LogP contribution in [0.4, 0.5) is 27.9 Å². The summed E-state index contributed by atoms with van der Waals surface area (Å²) in [6.45, 7) is 2.38. The number of piperidine rings is 1. The van der Waals surface area contributed by atoms with E-state index in [4.69, 9.17) is 0 Å². The number of nitrogens with one attached hydrogen (secondary N) is 1. The van der Waals surface area contributed by atoms with Crippen LogP contribution in [0, 0.1) is 17.6 Å². The van der Waals surface area contributed by atoms with Crippen molar-refractivity contribution in [2.45, 2.75) is 32.0 Å². The van der Waals surface area contributed by atoms with Crippen LogP contribution in [0.5, 0.6) is 0 Å². The second-order valence-corrected chi connectivity index (χ2v) is 7.96. The number of anilines is 1. The van der Waals surface area contributed by atoms with Gasteiger partial charge in [0.1, 0.15) is 11.5 Å². The van der Waals surface area contributed by atoms with Crippen molar-refractivity contribution in [1.29, 1.82) is 0 Å². The van der Waals surface area contributed by atoms with Gasteiger partial charge in [0.25, 0.3) is 5.91 Å². The van der Waals surface area contributed by atoms with Crippen LogP contribution in [0.1, 0.15) is 35.7 Å². The molecule has 1 fully saturated rings. The van der Waals surface area contributed by atoms with E-state index in [9.17, 15) is 26.7 Å². The molecule has 0 radical (unpaired) electrons. The first-order chi connectivity index (χ1) is 16.1. The molecule has 0 aliphatic carbocycles. The first kappa shape index (κ1) is 23.5. The minimum atomic E-state index is -4.55. The second kappa shape index (κ2) is 9.31. The van der Waals surface area contributed by atoms with Crippen LogP contribution in [0.15, 0.2) is 36.9 Å². The van der Waals surface area contributed by atoms with E-state index in [0.717, 1.165) is 17.3 Å². The Morgan fingerprint density at radius 1 is 1.15 bits per heavy atom. The molecule has 4 rings (SSSR count). The highest BCUT2D eigenvalue weighted by Gasteiger charge is 2.35. The Labute approximate surface area is 190 Å². The maximum absolute atomic E-state index is 14.6. The number of alkyl halides is 3. The van der Waals surface area contributed by atoms with E-state index in [1.54, 1.807) is 0 Å². The third kappa shape index (κ3) is 4.82. The maximum atomic E-state index is 14.6. The van der Waals surface area contributed by atoms with Crippen molar-refractivity contribution in [3.63, 3.8) is 0 Å². The Hall–Kier alpha value is -3.64. The molecule has 2 aromatic heterocycles. The number of hydrogen-bond donors (Lipinski definition) is 1. The Balaban J connectivity index is 1.59. The monoisotopic (exact) mass is 481 g/mol. The van der Waals surface area contributed by atoms with Crippen LogP contribution in [0.25, 0.3) is 5.69 Å². The summed E-state index contributed by atoms with van der Waals surface area (Å²) in [4.78, 5) is 23.3. The van der Waals surface area contributed by atoms with Crippen molar-refractivity contribution < 1.29 is 26.7 Å². The smallest absolute Gasteiger partial charge is 0.352 e. The zero-order valence-electron chi connectivity index (χ0n) is 17.9. The first-order valence-corrected chi connectivity index (χ1v) is 10.4. The van der Waals surface area contributed by atoms with Crippen LogP contribution in [-0.4, -0.2) is 54.9 Å². The number of likely N-dealkylation sites (tertiary alicyclic amines) is 1. The SMILES string of the molecule is CC1CCCN(C(=O)c2cc(F)cc(F)c2-n2nccn2)C1CNc1ncc(C(F)(F)F)cn1. The molecule has 8 nitrogen and oxygen atoms in total. The fraction of sp³-hybridized carbons (Fsp3) is 0.381. The average Bonchev–Trinajstić information content (AvgIpc) is 3.31. The molecule has 1 aliphatic heterocycles. The number of hydrogen-bond acceptors (Lipinski definition) is 6. The minimum absolute atomic E-state index is 0.00988. The van der Waals surface area contributed by atoms with Gasteiger partial charge in [0.05, 0.1) is 29.6 Å². The summed E-state index contributed by atoms with van der Waals surface area (Å²) in [6, 6.07) is 1.15. The molecule has 0 saturated carbocycles. The second-order valence-electron chi connectivity index (χ2n) is 7.96. The normalized spacial score (nSPS) is 18.7. The molecule has 1 amide bonds. The zero-order valence-corrected chi connectivity index (χ0v) is 17.9. The minimum Gasteiger partial charge on any atom is -0.352 e. The molecule has 0 spiro atoms. The quantitative estimate of drug-likeness (QED) is 0.559. The Kier molecular flexibility index (Phi) is 6.44. The van der Waals surface area contributed by atoms with E-state index >= 15 is 0 Å². The van der Waals surface area contributed by atoms with Gasteiger partial charge in [-0.3, -0.25) is 4.79 Å². The van der Waals surface area contributed by atoms with Crippen LogP contribution in [0.3, 0.4) is 0 Å². The summed E-state index contributed by atoms with van der Waals surface area (Å²) in [6.07, 6.45) is 0.847. The lowest BCUT2D eigenvalue weighted by Crippen LogP contribution is -2.51. The lowest BCUT2D eigenvalue weighted by atomic mass is 9.90. The number of rotatable bonds is 5. The standard InChI is InChI=1S/C21H20F5N7O/c1-12-3-2-6-32(17(12)11-29-20-27-9-13(10-28-20)21(24,25)26)19(34)15-7-14(22)8-16(23)18(15)33-30-4-5-31-33/h4-5,7-10,12,17H,2-3,6,11H2,1H3,(H,27,28,29). The zero-order chi connectivity index (χ0) is 24.5. The highest BCUT2D eigenvalue weighted by molar-refractivity contribution is 5.98. The Morgan fingerprint density at radius 3 is 2.47 bits per heavy atom. The third-order valence-electron chi connectivity index (χ3n) is 5.70. The topological polar surface area (TPSA) is 88.8 Å². The average molecular weight is 481 g/mol. The van der Waals surface area contributed by atoms with Gasteiger partial charge in [0.2, 0.25) is 5.95 Å². The van der Waals surface area contributed by atoms with Crippen molar-refractivity contribution in [1.82, 2.24) is 29.9 Å². The first-order valence-electron chi connectivity index (χ1n) is 10.4. The molecule has 34 heavy (non-hydrogen) atoms. The van der Waals surface area contributed by atoms with Gasteiger partial charge in [-0.05, 0) is 24.8 Å². The van der Waals surface area contributed by atoms with E-state index < -0.39 is 35.3 Å². The van der Waals surface area contributed by atoms with Gasteiger partial charge in [0, 0.05) is 31.5 Å². The van der Waals surface area contributed by atoms with Gasteiger partial charge < -0.3 is 10.2 Å². The van der Waals surface area contributed by atoms with E-state index in [1.165, 1.54) is 17.3 Å². The molecule has 3 aromatic rings. The van der Waals surface area contributed by atoms with E-state index in [-0.39, 0.29) is 29.7 Å². The summed E-state index contributed by atoms with van der Waals surface area (Å²) in [5.74, 6) is -2.56. The van der Waals surface area contributed by atoms with E-state index in [2.05, 4.69) is 25.5 Å². The molecule has 3 heterocycles. The van der Waals surface area contributed by atoms with Crippen LogP contribution in [-0.2, 0) is 6.18 Å². The van der Waals surface area contributed by atoms with Crippen molar-refractivity contribution in [3.8, 4) is 5.69 Å². The number of halogens is 5. The number of nitrogens with zero attached hydrogens (tertiary/aromatic N) is 6. The fourth-order valence-corrected chi connectivity index (χ4v) is 3.99. The van der Waals surface area contributed by atoms with Gasteiger partial charge in [-0.2, -0.15) is 23.4 Å². The highest BCUT2D eigenvalue weighted by atomic mass is 19.4. The number of aromatic nitrogens is 5. The summed E-state index contributed by atoms with van der Waals surface area (Å²) in [5.41, 5.74) is -1.49. The number of amides is 1. The van der Waals surface area contributed by atoms with Gasteiger partial charge in [0.15, 0.2) is 5.82 Å². The molecular weight excluding hydrogens is 461 g/mol. The Morgan fingerprint density at radius 2 is 1.82 bits per heavy atom. The molecule has 2 atom stereocenters. The molecule has 180 valence electrons. The largest absolute Gasteiger partial charge is 0.419 e. The Bertz CT molecular complexity index is 1150. The lowest BCUT2D eigenvalue weighted by molar-refractivity contribution is -0.138. The van der Waals surface area contributed by atoms with E-state index in [0.29, 0.717) is 31.4 Å². The summed E-state index contributed by atoms with van der Waals surface area (Å²) in [5, 5.41) is 10.6. The van der Waals surface area contributed by atoms with Gasteiger partial charge in [-0.15, -0.1) is 4.80 Å². The molecule has 0 bridgehead atoms. The molecule has 1 N–H and O–H groups in total. The highest BCUT2D eigenvalue weighted by Crippen LogP contribution is 2.29. The molecule has 1 aliphatic rings. The summed E-state index contributed by atoms with van der Waals surface area (Å²) >= 11 is 0. The molecular formula is C21H20F5N7O. The maximum Gasteiger partial charge on any atom is 0.419 e. The van der Waals surface area contributed by atoms with Crippen LogP contribution >= 0.6 is 0 Å². The van der Waals surface area contributed by atoms with Crippen molar-refractivity contribution in [3.05, 3.63) is 59.7 Å². The van der Waals surface area contributed by atoms with E-state index in [1.807, 2.05) is 6.92 Å². The lowest BCUT2D eigenvalue weighted by Gasteiger charge is -2.40. The van der Waals surface area contributed by atoms with Crippen molar-refractivity contribution >= 4 is 11.9 Å². The molecule has 13 heteroatoms. The molecule has 2 unspecified atom stereocenters. The number of carbonyl (C=O) groups excluding carboxylic acids is 1. The number of benzene rings is 1. The predicted molar refractivity (Wildman–Crippen MR) is 110 cm³/mol. The van der Waals surface area contributed by atoms with Crippen molar-refractivity contribution in [2.75, 3.05) is 18.4 Å². The fourth-order valence-electron chi connectivity index (χ4n) is 3.99. The molecule has 1 aromatic carbocycles. The van der Waals surface area contributed by atoms with Gasteiger partial charge in [-0.25, -0.2) is 18.7 Å². The van der Waals surface area contributed by atoms with Crippen LogP contribution < -0.4 is 5.32 Å².